The van der Waals surface area contributed by atoms with E-state index in [1.807, 2.05) is 29.5 Å². The molecule has 2 nitrogen and oxygen atoms in total. The van der Waals surface area contributed by atoms with Gasteiger partial charge in [-0.05, 0) is 84.7 Å². The van der Waals surface area contributed by atoms with Crippen molar-refractivity contribution in [2.75, 3.05) is 0 Å². The minimum Gasteiger partial charge on any atom is -0.228 e. The lowest BCUT2D eigenvalue weighted by atomic mass is 9.89. The molecule has 0 bridgehead atoms. The van der Waals surface area contributed by atoms with Crippen LogP contribution in [0, 0.1) is 0 Å². The van der Waals surface area contributed by atoms with Gasteiger partial charge in [-0.1, -0.05) is 152 Å². The van der Waals surface area contributed by atoms with Crippen molar-refractivity contribution in [3.63, 3.8) is 0 Å². The summed E-state index contributed by atoms with van der Waals surface area (Å²) in [6.45, 7) is 0. The first-order valence-electron chi connectivity index (χ1n) is 17.2. The van der Waals surface area contributed by atoms with Crippen molar-refractivity contribution in [2.45, 2.75) is 0 Å². The number of fused-ring (bicyclic) bond motifs is 5. The molecule has 238 valence electrons. The zero-order valence-electron chi connectivity index (χ0n) is 27.6. The first-order valence-corrected chi connectivity index (χ1v) is 18.0. The summed E-state index contributed by atoms with van der Waals surface area (Å²) in [7, 11) is 0. The molecule has 3 heteroatoms. The summed E-state index contributed by atoms with van der Waals surface area (Å²) in [5, 5.41) is 8.78. The van der Waals surface area contributed by atoms with Gasteiger partial charge in [0.1, 0.15) is 0 Å². The lowest BCUT2D eigenvalue weighted by Crippen LogP contribution is -1.96. The monoisotopic (exact) mass is 666 g/mol. The van der Waals surface area contributed by atoms with Crippen LogP contribution in [0.5, 0.6) is 0 Å². The van der Waals surface area contributed by atoms with Crippen LogP contribution in [-0.4, -0.2) is 9.97 Å². The molecule has 10 rings (SSSR count). The van der Waals surface area contributed by atoms with E-state index in [2.05, 4.69) is 164 Å². The topological polar surface area (TPSA) is 25.8 Å². The Labute approximate surface area is 300 Å². The largest absolute Gasteiger partial charge is 0.228 e. The average molecular weight is 667 g/mol. The number of hydrogen-bond donors (Lipinski definition) is 0. The Kier molecular flexibility index (Phi) is 7.04. The highest BCUT2D eigenvalue weighted by molar-refractivity contribution is 7.22. The Balaban J connectivity index is 1.12. The van der Waals surface area contributed by atoms with Crippen molar-refractivity contribution >= 4 is 53.7 Å². The fourth-order valence-corrected chi connectivity index (χ4v) is 8.42. The smallest absolute Gasteiger partial charge is 0.160 e. The van der Waals surface area contributed by atoms with Gasteiger partial charge in [-0.15, -0.1) is 11.3 Å². The first-order chi connectivity index (χ1) is 25.2. The van der Waals surface area contributed by atoms with Crippen molar-refractivity contribution in [1.82, 2.24) is 9.97 Å². The van der Waals surface area contributed by atoms with Crippen LogP contribution < -0.4 is 0 Å². The van der Waals surface area contributed by atoms with Crippen molar-refractivity contribution in [3.05, 3.63) is 182 Å². The van der Waals surface area contributed by atoms with E-state index in [1.165, 1.54) is 64.0 Å². The Morgan fingerprint density at radius 2 is 0.980 bits per heavy atom. The molecule has 0 unspecified atom stereocenters. The number of benzene rings is 8. The van der Waals surface area contributed by atoms with Gasteiger partial charge in [0.25, 0.3) is 0 Å². The maximum atomic E-state index is 5.18. The van der Waals surface area contributed by atoms with Crippen LogP contribution in [0.4, 0.5) is 0 Å². The summed E-state index contributed by atoms with van der Waals surface area (Å²) >= 11 is 1.83. The number of rotatable bonds is 5. The quantitative estimate of drug-likeness (QED) is 0.135. The lowest BCUT2D eigenvalue weighted by Gasteiger charge is -2.15. The third kappa shape index (κ3) is 5.27. The van der Waals surface area contributed by atoms with Crippen LogP contribution in [0.1, 0.15) is 0 Å². The van der Waals surface area contributed by atoms with E-state index in [-0.39, 0.29) is 0 Å². The molecule has 51 heavy (non-hydrogen) atoms. The van der Waals surface area contributed by atoms with E-state index in [9.17, 15) is 0 Å². The Morgan fingerprint density at radius 1 is 0.333 bits per heavy atom. The van der Waals surface area contributed by atoms with Crippen molar-refractivity contribution < 1.29 is 0 Å². The maximum Gasteiger partial charge on any atom is 0.160 e. The minimum absolute atomic E-state index is 0.712. The molecular weight excluding hydrogens is 637 g/mol. The molecule has 0 saturated carbocycles. The first kappa shape index (κ1) is 29.5. The molecule has 0 radical (unpaired) electrons. The summed E-state index contributed by atoms with van der Waals surface area (Å²) in [6, 6.07) is 65.1. The van der Waals surface area contributed by atoms with Crippen LogP contribution in [0.15, 0.2) is 182 Å². The van der Waals surface area contributed by atoms with Gasteiger partial charge in [0.05, 0.1) is 11.4 Å². The Bertz CT molecular complexity index is 2870. The minimum atomic E-state index is 0.712. The molecule has 10 aromatic rings. The maximum absolute atomic E-state index is 5.18. The van der Waals surface area contributed by atoms with Gasteiger partial charge in [0.15, 0.2) is 5.82 Å². The van der Waals surface area contributed by atoms with E-state index in [0.29, 0.717) is 5.82 Å². The molecule has 0 saturated heterocycles. The highest BCUT2D eigenvalue weighted by atomic mass is 32.1. The second kappa shape index (κ2) is 12.2. The standard InChI is InChI=1S/C48H30N2S/c1-2-12-34(13-3-1)48-49-43(32-21-23-33(24-22-32)46-29-37-15-6-9-20-45(37)51-46)30-44(50-48)36-16-10-17-38(27-36)47-40-19-8-5-14-35(40)28-42-39-18-7-4-11-31(39)25-26-41(42)47/h1-30H. The van der Waals surface area contributed by atoms with E-state index in [1.54, 1.807) is 0 Å². The van der Waals surface area contributed by atoms with Crippen LogP contribution in [0.3, 0.4) is 0 Å². The second-order valence-corrected chi connectivity index (χ2v) is 14.1. The fraction of sp³-hybridized carbons (Fsp3) is 0. The zero-order chi connectivity index (χ0) is 33.7. The number of hydrogen-bond acceptors (Lipinski definition) is 3. The molecule has 0 aliphatic rings. The van der Waals surface area contributed by atoms with Gasteiger partial charge in [-0.25, -0.2) is 9.97 Å². The molecule has 2 heterocycles. The predicted octanol–water partition coefficient (Wildman–Crippen LogP) is 13.5. The van der Waals surface area contributed by atoms with Crippen LogP contribution in [0.2, 0.25) is 0 Å². The zero-order valence-corrected chi connectivity index (χ0v) is 28.4. The van der Waals surface area contributed by atoms with Gasteiger partial charge < -0.3 is 0 Å². The Morgan fingerprint density at radius 3 is 1.80 bits per heavy atom. The highest BCUT2D eigenvalue weighted by Crippen LogP contribution is 2.41. The molecule has 8 aromatic carbocycles. The third-order valence-corrected chi connectivity index (χ3v) is 11.0. The summed E-state index contributed by atoms with van der Waals surface area (Å²) in [4.78, 5) is 11.6. The van der Waals surface area contributed by atoms with Crippen LogP contribution in [-0.2, 0) is 0 Å². The number of aromatic nitrogens is 2. The lowest BCUT2D eigenvalue weighted by molar-refractivity contribution is 1.18. The number of thiophene rings is 1. The number of nitrogens with zero attached hydrogens (tertiary/aromatic N) is 2. The average Bonchev–Trinajstić information content (AvgIpc) is 3.65. The van der Waals surface area contributed by atoms with E-state index in [0.717, 1.165) is 28.1 Å². The summed E-state index contributed by atoms with van der Waals surface area (Å²) < 4.78 is 1.30. The molecule has 0 amide bonds. The van der Waals surface area contributed by atoms with Crippen LogP contribution >= 0.6 is 11.3 Å². The van der Waals surface area contributed by atoms with Crippen molar-refractivity contribution in [1.29, 1.82) is 0 Å². The molecule has 0 fully saturated rings. The summed E-state index contributed by atoms with van der Waals surface area (Å²) in [5.41, 5.74) is 8.51. The molecule has 0 N–H and O–H groups in total. The third-order valence-electron chi connectivity index (χ3n) is 9.87. The van der Waals surface area contributed by atoms with Gasteiger partial charge in [0, 0.05) is 26.3 Å². The van der Waals surface area contributed by atoms with Gasteiger partial charge >= 0.3 is 0 Å². The summed E-state index contributed by atoms with van der Waals surface area (Å²) in [6.07, 6.45) is 0. The molecule has 0 aliphatic heterocycles. The predicted molar refractivity (Wildman–Crippen MR) is 217 cm³/mol. The molecule has 0 spiro atoms. The Hall–Kier alpha value is -6.42. The van der Waals surface area contributed by atoms with Gasteiger partial charge in [-0.2, -0.15) is 0 Å². The highest BCUT2D eigenvalue weighted by Gasteiger charge is 2.15. The molecular formula is C48H30N2S. The van der Waals surface area contributed by atoms with Gasteiger partial charge in [0.2, 0.25) is 0 Å². The fourth-order valence-electron chi connectivity index (χ4n) is 7.35. The van der Waals surface area contributed by atoms with Crippen LogP contribution in [0.25, 0.3) is 97.9 Å². The summed E-state index contributed by atoms with van der Waals surface area (Å²) in [5.74, 6) is 0.712. The van der Waals surface area contributed by atoms with Crippen molar-refractivity contribution in [2.24, 2.45) is 0 Å². The van der Waals surface area contributed by atoms with E-state index >= 15 is 0 Å². The van der Waals surface area contributed by atoms with Gasteiger partial charge in [-0.3, -0.25) is 0 Å². The normalized spacial score (nSPS) is 11.5. The molecule has 0 atom stereocenters. The van der Waals surface area contributed by atoms with Crippen molar-refractivity contribution in [3.8, 4) is 55.5 Å². The SMILES string of the molecule is c1ccc(-c2nc(-c3ccc(-c4cc5ccccc5s4)cc3)cc(-c3cccc(-c4c5ccccc5cc5c4ccc4ccccc45)c3)n2)cc1. The van der Waals surface area contributed by atoms with E-state index in [4.69, 9.17) is 9.97 Å². The second-order valence-electron chi connectivity index (χ2n) is 13.0. The van der Waals surface area contributed by atoms with E-state index < -0.39 is 0 Å². The molecule has 2 aromatic heterocycles. The molecule has 0 aliphatic carbocycles.